The minimum absolute atomic E-state index is 0.172. The second-order valence-corrected chi connectivity index (χ2v) is 3.54. The van der Waals surface area contributed by atoms with Crippen LogP contribution in [0.3, 0.4) is 0 Å². The van der Waals surface area contributed by atoms with Crippen LogP contribution in [0, 0.1) is 0 Å². The smallest absolute Gasteiger partial charge is 0.270 e. The number of amides is 1. The maximum Gasteiger partial charge on any atom is 0.270 e. The fourth-order valence-corrected chi connectivity index (χ4v) is 1.55. The number of pyridine rings is 1. The Morgan fingerprint density at radius 1 is 1.35 bits per heavy atom. The average molecular weight is 230 g/mol. The zero-order chi connectivity index (χ0) is 12.1. The lowest BCUT2D eigenvalue weighted by atomic mass is 10.3. The molecule has 88 valence electrons. The lowest BCUT2D eigenvalue weighted by molar-refractivity contribution is 0.0945. The first-order valence-electron chi connectivity index (χ1n) is 5.51. The first-order chi connectivity index (χ1) is 8.31. The van der Waals surface area contributed by atoms with E-state index in [1.165, 1.54) is 0 Å². The van der Waals surface area contributed by atoms with Gasteiger partial charge in [0.1, 0.15) is 5.69 Å². The molecule has 5 nitrogen and oxygen atoms in total. The van der Waals surface area contributed by atoms with Crippen molar-refractivity contribution < 1.29 is 4.79 Å². The van der Waals surface area contributed by atoms with Crippen molar-refractivity contribution in [3.05, 3.63) is 48.0 Å². The highest BCUT2D eigenvalue weighted by atomic mass is 16.1. The van der Waals surface area contributed by atoms with Gasteiger partial charge < -0.3 is 5.32 Å². The maximum atomic E-state index is 11.7. The zero-order valence-electron chi connectivity index (χ0n) is 9.63. The molecule has 0 aliphatic rings. The SMILES string of the molecule is CCn1nccc1CNC(=O)c1ccccn1. The van der Waals surface area contributed by atoms with E-state index in [-0.39, 0.29) is 5.91 Å². The molecular weight excluding hydrogens is 216 g/mol. The summed E-state index contributed by atoms with van der Waals surface area (Å²) < 4.78 is 1.85. The molecule has 0 unspecified atom stereocenters. The van der Waals surface area contributed by atoms with Gasteiger partial charge in [-0.1, -0.05) is 6.07 Å². The Bertz CT molecular complexity index is 492. The van der Waals surface area contributed by atoms with Crippen molar-refractivity contribution in [3.8, 4) is 0 Å². The van der Waals surface area contributed by atoms with Gasteiger partial charge in [-0.3, -0.25) is 14.5 Å². The predicted octanol–water partition coefficient (Wildman–Crippen LogP) is 1.23. The molecule has 2 aromatic heterocycles. The normalized spacial score (nSPS) is 10.2. The molecular formula is C12H14N4O. The molecule has 0 radical (unpaired) electrons. The number of hydrogen-bond acceptors (Lipinski definition) is 3. The van der Waals surface area contributed by atoms with Gasteiger partial charge >= 0.3 is 0 Å². The van der Waals surface area contributed by atoms with Gasteiger partial charge in [0, 0.05) is 18.9 Å². The summed E-state index contributed by atoms with van der Waals surface area (Å²) in [5.41, 5.74) is 1.41. The van der Waals surface area contributed by atoms with E-state index >= 15 is 0 Å². The predicted molar refractivity (Wildman–Crippen MR) is 63.3 cm³/mol. The summed E-state index contributed by atoms with van der Waals surface area (Å²) in [5.74, 6) is -0.172. The Morgan fingerprint density at radius 3 is 2.94 bits per heavy atom. The van der Waals surface area contributed by atoms with Crippen molar-refractivity contribution in [2.24, 2.45) is 0 Å². The van der Waals surface area contributed by atoms with E-state index in [9.17, 15) is 4.79 Å². The summed E-state index contributed by atoms with van der Waals surface area (Å²) in [6.07, 6.45) is 3.33. The molecule has 17 heavy (non-hydrogen) atoms. The van der Waals surface area contributed by atoms with Gasteiger partial charge in [-0.15, -0.1) is 0 Å². The minimum Gasteiger partial charge on any atom is -0.345 e. The van der Waals surface area contributed by atoms with Crippen molar-refractivity contribution in [2.75, 3.05) is 0 Å². The highest BCUT2D eigenvalue weighted by Crippen LogP contribution is 1.99. The number of carbonyl (C=O) groups is 1. The third-order valence-corrected chi connectivity index (χ3v) is 2.43. The molecule has 5 heteroatoms. The quantitative estimate of drug-likeness (QED) is 0.859. The summed E-state index contributed by atoms with van der Waals surface area (Å²) in [7, 11) is 0. The molecule has 0 spiro atoms. The second-order valence-electron chi connectivity index (χ2n) is 3.54. The Kier molecular flexibility index (Phi) is 3.49. The van der Waals surface area contributed by atoms with Gasteiger partial charge in [-0.2, -0.15) is 5.10 Å². The summed E-state index contributed by atoms with van der Waals surface area (Å²) >= 11 is 0. The highest BCUT2D eigenvalue weighted by molar-refractivity contribution is 5.92. The molecule has 0 atom stereocenters. The van der Waals surface area contributed by atoms with E-state index in [0.29, 0.717) is 12.2 Å². The lowest BCUT2D eigenvalue weighted by Crippen LogP contribution is -2.25. The number of aryl methyl sites for hydroxylation is 1. The van der Waals surface area contributed by atoms with Gasteiger partial charge in [0.15, 0.2) is 0 Å². The first kappa shape index (κ1) is 11.3. The molecule has 1 N–H and O–H groups in total. The lowest BCUT2D eigenvalue weighted by Gasteiger charge is -2.06. The Balaban J connectivity index is 1.97. The fourth-order valence-electron chi connectivity index (χ4n) is 1.55. The number of hydrogen-bond donors (Lipinski definition) is 1. The van der Waals surface area contributed by atoms with Crippen LogP contribution in [0.4, 0.5) is 0 Å². The second kappa shape index (κ2) is 5.25. The van der Waals surface area contributed by atoms with Crippen LogP contribution < -0.4 is 5.32 Å². The molecule has 0 saturated heterocycles. The first-order valence-corrected chi connectivity index (χ1v) is 5.51. The third kappa shape index (κ3) is 2.69. The van der Waals surface area contributed by atoms with E-state index in [0.717, 1.165) is 12.2 Å². The number of nitrogens with one attached hydrogen (secondary N) is 1. The molecule has 0 saturated carbocycles. The largest absolute Gasteiger partial charge is 0.345 e. The average Bonchev–Trinajstić information content (AvgIpc) is 2.84. The third-order valence-electron chi connectivity index (χ3n) is 2.43. The molecule has 1 amide bonds. The molecule has 0 aromatic carbocycles. The monoisotopic (exact) mass is 230 g/mol. The van der Waals surface area contributed by atoms with E-state index in [1.807, 2.05) is 17.7 Å². The minimum atomic E-state index is -0.172. The topological polar surface area (TPSA) is 59.8 Å². The van der Waals surface area contributed by atoms with Gasteiger partial charge in [-0.05, 0) is 25.1 Å². The zero-order valence-corrected chi connectivity index (χ0v) is 9.63. The van der Waals surface area contributed by atoms with Crippen molar-refractivity contribution in [1.82, 2.24) is 20.1 Å². The number of carbonyl (C=O) groups excluding carboxylic acids is 1. The maximum absolute atomic E-state index is 11.7. The van der Waals surface area contributed by atoms with Crippen molar-refractivity contribution in [2.45, 2.75) is 20.0 Å². The van der Waals surface area contributed by atoms with Crippen LogP contribution in [0.15, 0.2) is 36.7 Å². The van der Waals surface area contributed by atoms with Crippen LogP contribution >= 0.6 is 0 Å². The summed E-state index contributed by atoms with van der Waals surface area (Å²) in [6.45, 7) is 3.27. The Hall–Kier alpha value is -2.17. The molecule has 0 bridgehead atoms. The van der Waals surface area contributed by atoms with Crippen molar-refractivity contribution in [1.29, 1.82) is 0 Å². The van der Waals surface area contributed by atoms with Crippen LogP contribution in [0.25, 0.3) is 0 Å². The van der Waals surface area contributed by atoms with Gasteiger partial charge in [-0.25, -0.2) is 0 Å². The summed E-state index contributed by atoms with van der Waals surface area (Å²) in [5, 5.41) is 6.95. The number of nitrogens with zero attached hydrogens (tertiary/aromatic N) is 3. The van der Waals surface area contributed by atoms with Gasteiger partial charge in [0.2, 0.25) is 0 Å². The van der Waals surface area contributed by atoms with Crippen LogP contribution in [0.1, 0.15) is 23.1 Å². The van der Waals surface area contributed by atoms with Gasteiger partial charge in [0.25, 0.3) is 5.91 Å². The van der Waals surface area contributed by atoms with Crippen LogP contribution in [-0.4, -0.2) is 20.7 Å². The molecule has 2 rings (SSSR count). The van der Waals surface area contributed by atoms with Crippen LogP contribution in [-0.2, 0) is 13.1 Å². The highest BCUT2D eigenvalue weighted by Gasteiger charge is 2.07. The summed E-state index contributed by atoms with van der Waals surface area (Å²) in [4.78, 5) is 15.7. The fraction of sp³-hybridized carbons (Fsp3) is 0.250. The Labute approximate surface area is 99.5 Å². The molecule has 2 aromatic rings. The Morgan fingerprint density at radius 2 is 2.24 bits per heavy atom. The molecule has 2 heterocycles. The van der Waals surface area contributed by atoms with E-state index < -0.39 is 0 Å². The molecule has 0 aliphatic heterocycles. The van der Waals surface area contributed by atoms with E-state index in [4.69, 9.17) is 0 Å². The number of aromatic nitrogens is 3. The van der Waals surface area contributed by atoms with Crippen LogP contribution in [0.5, 0.6) is 0 Å². The van der Waals surface area contributed by atoms with Crippen molar-refractivity contribution >= 4 is 5.91 Å². The standard InChI is InChI=1S/C12H14N4O/c1-2-16-10(6-8-15-16)9-14-12(17)11-5-3-4-7-13-11/h3-8H,2,9H2,1H3,(H,14,17). The molecule has 0 fully saturated rings. The van der Waals surface area contributed by atoms with Gasteiger partial charge in [0.05, 0.1) is 12.2 Å². The van der Waals surface area contributed by atoms with Crippen LogP contribution in [0.2, 0.25) is 0 Å². The van der Waals surface area contributed by atoms with E-state index in [2.05, 4.69) is 15.4 Å². The molecule has 0 aliphatic carbocycles. The summed E-state index contributed by atoms with van der Waals surface area (Å²) in [6, 6.07) is 7.15. The number of rotatable bonds is 4. The van der Waals surface area contributed by atoms with Crippen molar-refractivity contribution in [3.63, 3.8) is 0 Å². The van der Waals surface area contributed by atoms with E-state index in [1.54, 1.807) is 30.6 Å².